The first-order chi connectivity index (χ1) is 5.54. The standard InChI is InChI=1S/C8H18O3P/c1-5-10-12(9,11-6-2)7-8(3)4/h7-8H,5-6H2,1-4H3/q-1. The normalized spacial score (nSPS) is 12.4. The van der Waals surface area contributed by atoms with Gasteiger partial charge in [0.05, 0.1) is 13.2 Å². The van der Waals surface area contributed by atoms with Crippen LogP contribution in [0.1, 0.15) is 27.7 Å². The van der Waals surface area contributed by atoms with Crippen molar-refractivity contribution in [3.05, 3.63) is 6.16 Å². The molecule has 0 saturated carbocycles. The molecule has 0 aromatic heterocycles. The molecule has 0 aliphatic carbocycles. The molecule has 12 heavy (non-hydrogen) atoms. The van der Waals surface area contributed by atoms with E-state index in [4.69, 9.17) is 9.05 Å². The average Bonchev–Trinajstić information content (AvgIpc) is 1.85. The molecule has 0 saturated heterocycles. The second-order valence-corrected chi connectivity index (χ2v) is 4.66. The van der Waals surface area contributed by atoms with Gasteiger partial charge >= 0.3 is 0 Å². The number of rotatable bonds is 6. The Kier molecular flexibility index (Phi) is 5.81. The number of hydrogen-bond donors (Lipinski definition) is 0. The molecule has 0 amide bonds. The zero-order valence-electron chi connectivity index (χ0n) is 8.24. The summed E-state index contributed by atoms with van der Waals surface area (Å²) < 4.78 is 21.8. The van der Waals surface area contributed by atoms with E-state index in [0.717, 1.165) is 0 Å². The molecule has 0 bridgehead atoms. The molecule has 0 spiro atoms. The quantitative estimate of drug-likeness (QED) is 0.480. The summed E-state index contributed by atoms with van der Waals surface area (Å²) in [5.74, 6) is 0.217. The van der Waals surface area contributed by atoms with Crippen molar-refractivity contribution in [1.29, 1.82) is 0 Å². The van der Waals surface area contributed by atoms with E-state index in [1.807, 2.05) is 13.8 Å². The maximum atomic E-state index is 11.7. The molecular weight excluding hydrogens is 175 g/mol. The van der Waals surface area contributed by atoms with Crippen LogP contribution in [0.5, 0.6) is 0 Å². The van der Waals surface area contributed by atoms with E-state index in [0.29, 0.717) is 13.2 Å². The van der Waals surface area contributed by atoms with Crippen molar-refractivity contribution in [1.82, 2.24) is 0 Å². The molecule has 0 aromatic carbocycles. The fourth-order valence-corrected chi connectivity index (χ4v) is 2.55. The molecule has 0 aliphatic rings. The predicted octanol–water partition coefficient (Wildman–Crippen LogP) is 3.07. The smallest absolute Gasteiger partial charge is 0.187 e. The predicted molar refractivity (Wildman–Crippen MR) is 50.0 cm³/mol. The molecule has 0 aliphatic heterocycles. The SMILES string of the molecule is CCOP(=O)([CH-]C(C)C)OCC. The highest BCUT2D eigenvalue weighted by molar-refractivity contribution is 7.56. The third-order valence-corrected chi connectivity index (χ3v) is 3.30. The Morgan fingerprint density at radius 1 is 1.25 bits per heavy atom. The maximum Gasteiger partial charge on any atom is 0.187 e. The lowest BCUT2D eigenvalue weighted by Crippen LogP contribution is -1.99. The van der Waals surface area contributed by atoms with Crippen LogP contribution in [0, 0.1) is 12.1 Å². The Balaban J connectivity index is 4.08. The lowest BCUT2D eigenvalue weighted by Gasteiger charge is -2.28. The minimum atomic E-state index is -2.90. The zero-order valence-corrected chi connectivity index (χ0v) is 9.14. The Morgan fingerprint density at radius 3 is 1.92 bits per heavy atom. The first-order valence-electron chi connectivity index (χ1n) is 4.29. The van der Waals surface area contributed by atoms with E-state index < -0.39 is 7.60 Å². The molecule has 74 valence electrons. The van der Waals surface area contributed by atoms with Crippen LogP contribution in [-0.4, -0.2) is 13.2 Å². The van der Waals surface area contributed by atoms with Crippen LogP contribution in [-0.2, 0) is 13.6 Å². The van der Waals surface area contributed by atoms with Gasteiger partial charge in [-0.2, -0.15) is 5.92 Å². The van der Waals surface area contributed by atoms with Crippen molar-refractivity contribution in [3.63, 3.8) is 0 Å². The van der Waals surface area contributed by atoms with Gasteiger partial charge in [0.25, 0.3) is 0 Å². The van der Waals surface area contributed by atoms with Crippen molar-refractivity contribution in [3.8, 4) is 0 Å². The molecule has 0 radical (unpaired) electrons. The van der Waals surface area contributed by atoms with Crippen LogP contribution < -0.4 is 0 Å². The van der Waals surface area contributed by atoms with E-state index in [1.54, 1.807) is 20.0 Å². The molecule has 4 heteroatoms. The topological polar surface area (TPSA) is 35.5 Å². The van der Waals surface area contributed by atoms with Crippen LogP contribution in [0.25, 0.3) is 0 Å². The summed E-state index contributed by atoms with van der Waals surface area (Å²) in [5, 5.41) is 0. The summed E-state index contributed by atoms with van der Waals surface area (Å²) in [5.41, 5.74) is 0. The van der Waals surface area contributed by atoms with Crippen molar-refractivity contribution in [2.24, 2.45) is 5.92 Å². The van der Waals surface area contributed by atoms with Gasteiger partial charge in [-0.05, 0) is 13.8 Å². The third kappa shape index (κ3) is 4.91. The molecule has 0 atom stereocenters. The van der Waals surface area contributed by atoms with Crippen LogP contribution in [0.3, 0.4) is 0 Å². The molecule has 0 rings (SSSR count). The fourth-order valence-electron chi connectivity index (χ4n) is 0.848. The van der Waals surface area contributed by atoms with Gasteiger partial charge in [-0.15, -0.1) is 0 Å². The van der Waals surface area contributed by atoms with Gasteiger partial charge in [0.15, 0.2) is 7.60 Å². The summed E-state index contributed by atoms with van der Waals surface area (Å²) in [7, 11) is -2.90. The van der Waals surface area contributed by atoms with Crippen molar-refractivity contribution >= 4 is 7.60 Å². The summed E-state index contributed by atoms with van der Waals surface area (Å²) in [4.78, 5) is 0. The Hall–Kier alpha value is 0.150. The Bertz CT molecular complexity index is 146. The lowest BCUT2D eigenvalue weighted by atomic mass is 10.3. The highest BCUT2D eigenvalue weighted by atomic mass is 31.2. The third-order valence-electron chi connectivity index (χ3n) is 1.10. The van der Waals surface area contributed by atoms with Crippen LogP contribution in [0.2, 0.25) is 0 Å². The lowest BCUT2D eigenvalue weighted by molar-refractivity contribution is 0.223. The maximum absolute atomic E-state index is 11.7. The Labute approximate surface area is 75.0 Å². The first-order valence-corrected chi connectivity index (χ1v) is 5.90. The minimum absolute atomic E-state index is 0.217. The van der Waals surface area contributed by atoms with E-state index in [-0.39, 0.29) is 5.92 Å². The minimum Gasteiger partial charge on any atom is -0.331 e. The van der Waals surface area contributed by atoms with Gasteiger partial charge in [0, 0.05) is 0 Å². The second-order valence-electron chi connectivity index (χ2n) is 2.77. The highest BCUT2D eigenvalue weighted by Gasteiger charge is 2.12. The van der Waals surface area contributed by atoms with E-state index in [1.165, 1.54) is 0 Å². The summed E-state index contributed by atoms with van der Waals surface area (Å²) >= 11 is 0. The fraction of sp³-hybridized carbons (Fsp3) is 0.875. The zero-order chi connectivity index (χ0) is 9.61. The van der Waals surface area contributed by atoms with Crippen molar-refractivity contribution < 1.29 is 13.6 Å². The van der Waals surface area contributed by atoms with Crippen LogP contribution in [0.4, 0.5) is 0 Å². The van der Waals surface area contributed by atoms with Gasteiger partial charge in [-0.3, -0.25) is 4.57 Å². The second kappa shape index (κ2) is 5.74. The molecule has 0 fully saturated rings. The molecular formula is C8H18O3P-. The van der Waals surface area contributed by atoms with E-state index in [2.05, 4.69) is 0 Å². The summed E-state index contributed by atoms with van der Waals surface area (Å²) in [6.07, 6.45) is 1.64. The van der Waals surface area contributed by atoms with Gasteiger partial charge in [0.1, 0.15) is 0 Å². The van der Waals surface area contributed by atoms with E-state index >= 15 is 0 Å². The van der Waals surface area contributed by atoms with Crippen LogP contribution >= 0.6 is 7.60 Å². The van der Waals surface area contributed by atoms with Crippen molar-refractivity contribution in [2.45, 2.75) is 27.7 Å². The van der Waals surface area contributed by atoms with Gasteiger partial charge < -0.3 is 9.05 Å². The number of hydrogen-bond acceptors (Lipinski definition) is 3. The van der Waals surface area contributed by atoms with Crippen LogP contribution in [0.15, 0.2) is 0 Å². The van der Waals surface area contributed by atoms with Gasteiger partial charge in [0.2, 0.25) is 0 Å². The molecule has 3 nitrogen and oxygen atoms in total. The average molecular weight is 193 g/mol. The van der Waals surface area contributed by atoms with E-state index in [9.17, 15) is 4.57 Å². The highest BCUT2D eigenvalue weighted by Crippen LogP contribution is 2.53. The van der Waals surface area contributed by atoms with Crippen molar-refractivity contribution in [2.75, 3.05) is 13.2 Å². The van der Waals surface area contributed by atoms with Gasteiger partial charge in [-0.1, -0.05) is 13.8 Å². The monoisotopic (exact) mass is 193 g/mol. The summed E-state index contributed by atoms with van der Waals surface area (Å²) in [6.45, 7) is 8.34. The van der Waals surface area contributed by atoms with Gasteiger partial charge in [-0.25, -0.2) is 6.16 Å². The molecule has 0 N–H and O–H groups in total. The summed E-state index contributed by atoms with van der Waals surface area (Å²) in [6, 6.07) is 0. The first kappa shape index (κ1) is 12.2. The Morgan fingerprint density at radius 2 is 1.67 bits per heavy atom. The largest absolute Gasteiger partial charge is 0.331 e. The molecule has 0 unspecified atom stereocenters. The molecule has 0 heterocycles. The molecule has 0 aromatic rings.